The average Bonchev–Trinajstić information content (AvgIpc) is 2.43. The van der Waals surface area contributed by atoms with Crippen LogP contribution in [0.1, 0.15) is 16.8 Å². The highest BCUT2D eigenvalue weighted by Gasteiger charge is 2.21. The van der Waals surface area contributed by atoms with Crippen LogP contribution >= 0.6 is 0 Å². The molecule has 1 aliphatic rings. The molecule has 1 aromatic rings. The Kier molecular flexibility index (Phi) is 4.41. The Morgan fingerprint density at radius 1 is 1.28 bits per heavy atom. The summed E-state index contributed by atoms with van der Waals surface area (Å²) in [5.74, 6) is 0.668. The molecule has 5 heteroatoms. The van der Waals surface area contributed by atoms with Crippen molar-refractivity contribution in [1.29, 1.82) is 0 Å². The van der Waals surface area contributed by atoms with E-state index in [-0.39, 0.29) is 0 Å². The topological polar surface area (TPSA) is 54.0 Å². The van der Waals surface area contributed by atoms with Gasteiger partial charge in [-0.15, -0.1) is 0 Å². The third kappa shape index (κ3) is 2.92. The molecule has 1 aromatic carbocycles. The number of esters is 1. The Labute approximate surface area is 106 Å². The summed E-state index contributed by atoms with van der Waals surface area (Å²) in [7, 11) is 1.61. The fourth-order valence-electron chi connectivity index (χ4n) is 1.68. The molecule has 1 aliphatic heterocycles. The van der Waals surface area contributed by atoms with Crippen LogP contribution in [0.5, 0.6) is 11.5 Å². The molecule has 0 saturated heterocycles. The zero-order chi connectivity index (χ0) is 12.8. The second-order valence-corrected chi connectivity index (χ2v) is 3.81. The Hall–Kier alpha value is -1.75. The maximum Gasteiger partial charge on any atom is 0.342 e. The smallest absolute Gasteiger partial charge is 0.342 e. The van der Waals surface area contributed by atoms with Crippen LogP contribution in [-0.2, 0) is 9.47 Å². The first-order chi connectivity index (χ1) is 8.83. The molecule has 0 fully saturated rings. The minimum atomic E-state index is -0.395. The van der Waals surface area contributed by atoms with Gasteiger partial charge in [0.1, 0.15) is 18.8 Å². The van der Waals surface area contributed by atoms with Gasteiger partial charge in [0, 0.05) is 20.1 Å². The van der Waals surface area contributed by atoms with Crippen LogP contribution in [0, 0.1) is 0 Å². The molecule has 0 N–H and O–H groups in total. The monoisotopic (exact) mass is 252 g/mol. The van der Waals surface area contributed by atoms with Gasteiger partial charge >= 0.3 is 5.97 Å². The first-order valence-electron chi connectivity index (χ1n) is 5.87. The normalized spacial score (nSPS) is 13.2. The summed E-state index contributed by atoms with van der Waals surface area (Å²) in [6.45, 7) is 1.84. The summed E-state index contributed by atoms with van der Waals surface area (Å²) >= 11 is 0. The molecule has 0 aromatic heterocycles. The maximum absolute atomic E-state index is 11.9. The number of fused-ring (bicyclic) bond motifs is 1. The molecule has 18 heavy (non-hydrogen) atoms. The predicted molar refractivity (Wildman–Crippen MR) is 64.2 cm³/mol. The third-order valence-electron chi connectivity index (χ3n) is 2.51. The van der Waals surface area contributed by atoms with Crippen molar-refractivity contribution in [3.8, 4) is 11.5 Å². The van der Waals surface area contributed by atoms with E-state index < -0.39 is 5.97 Å². The lowest BCUT2D eigenvalue weighted by Gasteiger charge is -2.20. The van der Waals surface area contributed by atoms with Gasteiger partial charge in [-0.1, -0.05) is 6.07 Å². The summed E-state index contributed by atoms with van der Waals surface area (Å²) < 4.78 is 20.9. The Balaban J connectivity index is 2.01. The van der Waals surface area contributed by atoms with Gasteiger partial charge in [0.25, 0.3) is 0 Å². The zero-order valence-electron chi connectivity index (χ0n) is 10.3. The zero-order valence-corrected chi connectivity index (χ0v) is 10.3. The van der Waals surface area contributed by atoms with Crippen molar-refractivity contribution in [1.82, 2.24) is 0 Å². The number of hydrogen-bond acceptors (Lipinski definition) is 5. The second-order valence-electron chi connectivity index (χ2n) is 3.81. The summed E-state index contributed by atoms with van der Waals surface area (Å²) in [5.41, 5.74) is 0.407. The van der Waals surface area contributed by atoms with Gasteiger partial charge in [0.2, 0.25) is 0 Å². The number of para-hydroxylation sites is 1. The first-order valence-corrected chi connectivity index (χ1v) is 5.87. The number of ether oxygens (including phenoxy) is 4. The highest BCUT2D eigenvalue weighted by atomic mass is 16.6. The van der Waals surface area contributed by atoms with E-state index in [1.807, 2.05) is 0 Å². The van der Waals surface area contributed by atoms with Gasteiger partial charge in [-0.3, -0.25) is 0 Å². The maximum atomic E-state index is 11.9. The van der Waals surface area contributed by atoms with Crippen LogP contribution in [0.3, 0.4) is 0 Å². The average molecular weight is 252 g/mol. The number of benzene rings is 1. The van der Waals surface area contributed by atoms with Crippen molar-refractivity contribution in [2.24, 2.45) is 0 Å². The standard InChI is InChI=1S/C13H16O5/c1-15-6-3-7-18-13(14)10-4-2-5-11-12(10)17-9-8-16-11/h2,4-5H,3,6-9H2,1H3. The molecule has 1 heterocycles. The Morgan fingerprint density at radius 2 is 2.11 bits per heavy atom. The van der Waals surface area contributed by atoms with Crippen LogP contribution in [0.15, 0.2) is 18.2 Å². The van der Waals surface area contributed by atoms with Gasteiger partial charge < -0.3 is 18.9 Å². The Bertz CT molecular complexity index is 416. The van der Waals surface area contributed by atoms with E-state index in [2.05, 4.69) is 0 Å². The van der Waals surface area contributed by atoms with Gasteiger partial charge in [-0.05, 0) is 12.1 Å². The largest absolute Gasteiger partial charge is 0.486 e. The molecule has 0 saturated carbocycles. The molecule has 0 radical (unpaired) electrons. The van der Waals surface area contributed by atoms with Gasteiger partial charge in [-0.25, -0.2) is 4.79 Å². The number of carbonyl (C=O) groups excluding carboxylic acids is 1. The Morgan fingerprint density at radius 3 is 2.94 bits per heavy atom. The van der Waals surface area contributed by atoms with Gasteiger partial charge in [-0.2, -0.15) is 0 Å². The molecular formula is C13H16O5. The van der Waals surface area contributed by atoms with E-state index in [4.69, 9.17) is 18.9 Å². The molecule has 5 nitrogen and oxygen atoms in total. The van der Waals surface area contributed by atoms with Gasteiger partial charge in [0.15, 0.2) is 11.5 Å². The van der Waals surface area contributed by atoms with E-state index in [1.54, 1.807) is 25.3 Å². The fourth-order valence-corrected chi connectivity index (χ4v) is 1.68. The van der Waals surface area contributed by atoms with Crippen LogP contribution < -0.4 is 9.47 Å². The molecule has 0 spiro atoms. The third-order valence-corrected chi connectivity index (χ3v) is 2.51. The summed E-state index contributed by atoms with van der Waals surface area (Å²) in [6.07, 6.45) is 0.675. The van der Waals surface area contributed by atoms with Crippen molar-refractivity contribution in [2.45, 2.75) is 6.42 Å². The molecule has 0 aliphatic carbocycles. The lowest BCUT2D eigenvalue weighted by molar-refractivity contribution is 0.0459. The highest BCUT2D eigenvalue weighted by molar-refractivity contribution is 5.93. The quantitative estimate of drug-likeness (QED) is 0.589. The van der Waals surface area contributed by atoms with Crippen molar-refractivity contribution in [2.75, 3.05) is 33.5 Å². The van der Waals surface area contributed by atoms with Crippen molar-refractivity contribution in [3.63, 3.8) is 0 Å². The predicted octanol–water partition coefficient (Wildman–Crippen LogP) is 1.65. The van der Waals surface area contributed by atoms with E-state index in [1.165, 1.54) is 0 Å². The fraction of sp³-hybridized carbons (Fsp3) is 0.462. The van der Waals surface area contributed by atoms with Crippen molar-refractivity contribution >= 4 is 5.97 Å². The van der Waals surface area contributed by atoms with E-state index >= 15 is 0 Å². The molecule has 0 unspecified atom stereocenters. The molecule has 0 amide bonds. The van der Waals surface area contributed by atoms with Crippen LogP contribution in [0.25, 0.3) is 0 Å². The van der Waals surface area contributed by atoms with Crippen molar-refractivity contribution < 1.29 is 23.7 Å². The lowest BCUT2D eigenvalue weighted by atomic mass is 10.2. The first kappa shape index (κ1) is 12.7. The number of carbonyl (C=O) groups is 1. The summed E-state index contributed by atoms with van der Waals surface area (Å²) in [6, 6.07) is 5.20. The van der Waals surface area contributed by atoms with Crippen LogP contribution in [0.2, 0.25) is 0 Å². The van der Waals surface area contributed by atoms with Crippen LogP contribution in [0.4, 0.5) is 0 Å². The van der Waals surface area contributed by atoms with E-state index in [9.17, 15) is 4.79 Å². The van der Waals surface area contributed by atoms with Crippen molar-refractivity contribution in [3.05, 3.63) is 23.8 Å². The number of rotatable bonds is 5. The number of methoxy groups -OCH3 is 1. The molecule has 2 rings (SSSR count). The molecular weight excluding hydrogens is 236 g/mol. The van der Waals surface area contributed by atoms with Gasteiger partial charge in [0.05, 0.1) is 6.61 Å². The van der Waals surface area contributed by atoms with Crippen LogP contribution in [-0.4, -0.2) is 39.5 Å². The number of hydrogen-bond donors (Lipinski definition) is 0. The molecule has 0 atom stereocenters. The highest BCUT2D eigenvalue weighted by Crippen LogP contribution is 2.33. The molecule has 98 valence electrons. The summed E-state index contributed by atoms with van der Waals surface area (Å²) in [5, 5.41) is 0. The SMILES string of the molecule is COCCCOC(=O)c1cccc2c1OCCO2. The minimum absolute atomic E-state index is 0.331. The molecule has 0 bridgehead atoms. The lowest BCUT2D eigenvalue weighted by Crippen LogP contribution is -2.18. The van der Waals surface area contributed by atoms with E-state index in [0.29, 0.717) is 49.9 Å². The summed E-state index contributed by atoms with van der Waals surface area (Å²) in [4.78, 5) is 11.9. The second kappa shape index (κ2) is 6.26. The van der Waals surface area contributed by atoms with E-state index in [0.717, 1.165) is 0 Å². The minimum Gasteiger partial charge on any atom is -0.486 e.